The largest absolute Gasteiger partial charge is 0.493 e. The summed E-state index contributed by atoms with van der Waals surface area (Å²) in [4.78, 5) is 25.4. The zero-order valence-corrected chi connectivity index (χ0v) is 15.8. The van der Waals surface area contributed by atoms with E-state index >= 15 is 0 Å². The summed E-state index contributed by atoms with van der Waals surface area (Å²) in [6, 6.07) is 8.69. The Kier molecular flexibility index (Phi) is 5.39. The smallest absolute Gasteiger partial charge is 0.240 e. The maximum atomic E-state index is 13.3. The lowest BCUT2D eigenvalue weighted by Gasteiger charge is -2.18. The third-order valence-electron chi connectivity index (χ3n) is 4.62. The van der Waals surface area contributed by atoms with Crippen molar-refractivity contribution in [2.24, 2.45) is 5.41 Å². The summed E-state index contributed by atoms with van der Waals surface area (Å²) >= 11 is 0. The van der Waals surface area contributed by atoms with Crippen molar-refractivity contribution in [2.75, 3.05) is 32.0 Å². The van der Waals surface area contributed by atoms with Crippen LogP contribution in [0.1, 0.15) is 12.8 Å². The van der Waals surface area contributed by atoms with E-state index < -0.39 is 23.0 Å². The molecule has 2 aromatic carbocycles. The van der Waals surface area contributed by atoms with E-state index in [1.807, 2.05) is 0 Å². The van der Waals surface area contributed by atoms with Crippen LogP contribution in [-0.4, -0.2) is 33.1 Å². The van der Waals surface area contributed by atoms with E-state index in [9.17, 15) is 14.0 Å². The fourth-order valence-corrected chi connectivity index (χ4v) is 2.90. The molecule has 1 aliphatic rings. The number of benzene rings is 2. The topological polar surface area (TPSA) is 85.9 Å². The van der Waals surface area contributed by atoms with Gasteiger partial charge in [-0.25, -0.2) is 4.39 Å². The van der Waals surface area contributed by atoms with Gasteiger partial charge < -0.3 is 24.8 Å². The fourth-order valence-electron chi connectivity index (χ4n) is 2.90. The number of carbonyl (C=O) groups is 2. The monoisotopic (exact) mass is 388 g/mol. The molecule has 2 amide bonds. The molecule has 2 aromatic rings. The lowest BCUT2D eigenvalue weighted by molar-refractivity contribution is -0.131. The van der Waals surface area contributed by atoms with Crippen molar-refractivity contribution in [2.45, 2.75) is 12.8 Å². The molecule has 1 saturated carbocycles. The SMILES string of the molecule is COc1cc(NC(=O)C2(C(=O)Nc3cccc(F)c3)CC2)cc(OC)c1OC. The molecule has 7 nitrogen and oxygen atoms in total. The normalized spacial score (nSPS) is 14.0. The van der Waals surface area contributed by atoms with Crippen LogP contribution in [0.25, 0.3) is 0 Å². The summed E-state index contributed by atoms with van der Waals surface area (Å²) in [6.07, 6.45) is 0.814. The Bertz CT molecular complexity index is 886. The summed E-state index contributed by atoms with van der Waals surface area (Å²) in [6.45, 7) is 0. The summed E-state index contributed by atoms with van der Waals surface area (Å²) in [7, 11) is 4.42. The molecule has 8 heteroatoms. The van der Waals surface area contributed by atoms with E-state index in [0.29, 0.717) is 41.5 Å². The Morgan fingerprint density at radius 1 is 0.893 bits per heavy atom. The van der Waals surface area contributed by atoms with Crippen molar-refractivity contribution < 1.29 is 28.2 Å². The van der Waals surface area contributed by atoms with Gasteiger partial charge in [0.1, 0.15) is 11.2 Å². The van der Waals surface area contributed by atoms with Gasteiger partial charge in [0.05, 0.1) is 21.3 Å². The molecule has 1 aliphatic carbocycles. The van der Waals surface area contributed by atoms with Crippen LogP contribution >= 0.6 is 0 Å². The number of carbonyl (C=O) groups excluding carboxylic acids is 2. The number of amides is 2. The predicted molar refractivity (Wildman–Crippen MR) is 101 cm³/mol. The zero-order chi connectivity index (χ0) is 20.3. The molecule has 3 rings (SSSR count). The van der Waals surface area contributed by atoms with E-state index in [1.165, 1.54) is 39.5 Å². The first-order chi connectivity index (χ1) is 13.4. The van der Waals surface area contributed by atoms with E-state index in [-0.39, 0.29) is 0 Å². The van der Waals surface area contributed by atoms with Crippen molar-refractivity contribution in [3.63, 3.8) is 0 Å². The van der Waals surface area contributed by atoms with E-state index in [4.69, 9.17) is 14.2 Å². The standard InChI is InChI=1S/C20H21FN2O5/c1-26-15-10-14(11-16(27-2)17(15)28-3)23-19(25)20(7-8-20)18(24)22-13-6-4-5-12(21)9-13/h4-6,9-11H,7-8H2,1-3H3,(H,22,24)(H,23,25). The van der Waals surface area contributed by atoms with Crippen LogP contribution in [0.2, 0.25) is 0 Å². The molecular formula is C20H21FN2O5. The predicted octanol–water partition coefficient (Wildman–Crippen LogP) is 3.21. The van der Waals surface area contributed by atoms with Gasteiger partial charge in [-0.15, -0.1) is 0 Å². The molecule has 0 bridgehead atoms. The molecule has 2 N–H and O–H groups in total. The average Bonchev–Trinajstić information content (AvgIpc) is 3.49. The highest BCUT2D eigenvalue weighted by molar-refractivity contribution is 6.17. The van der Waals surface area contributed by atoms with Gasteiger partial charge in [0.25, 0.3) is 0 Å². The number of nitrogens with one attached hydrogen (secondary N) is 2. The van der Waals surface area contributed by atoms with Crippen LogP contribution in [0.5, 0.6) is 17.2 Å². The van der Waals surface area contributed by atoms with Crippen molar-refractivity contribution in [1.29, 1.82) is 0 Å². The highest BCUT2D eigenvalue weighted by atomic mass is 19.1. The second-order valence-corrected chi connectivity index (χ2v) is 6.41. The molecule has 28 heavy (non-hydrogen) atoms. The first-order valence-corrected chi connectivity index (χ1v) is 8.62. The first-order valence-electron chi connectivity index (χ1n) is 8.62. The highest BCUT2D eigenvalue weighted by Crippen LogP contribution is 2.48. The third-order valence-corrected chi connectivity index (χ3v) is 4.62. The molecule has 0 spiro atoms. The average molecular weight is 388 g/mol. The Morgan fingerprint density at radius 3 is 1.93 bits per heavy atom. The second-order valence-electron chi connectivity index (χ2n) is 6.41. The molecule has 0 heterocycles. The number of hydrogen-bond acceptors (Lipinski definition) is 5. The quantitative estimate of drug-likeness (QED) is 0.712. The molecule has 0 saturated heterocycles. The lowest BCUT2D eigenvalue weighted by Crippen LogP contribution is -2.35. The van der Waals surface area contributed by atoms with Crippen LogP contribution in [0.3, 0.4) is 0 Å². The van der Waals surface area contributed by atoms with E-state index in [1.54, 1.807) is 18.2 Å². The first kappa shape index (κ1) is 19.5. The summed E-state index contributed by atoms with van der Waals surface area (Å²) in [5, 5.41) is 5.34. The minimum Gasteiger partial charge on any atom is -0.493 e. The van der Waals surface area contributed by atoms with Gasteiger partial charge in [0.15, 0.2) is 11.5 Å². The minimum atomic E-state index is -1.19. The zero-order valence-electron chi connectivity index (χ0n) is 15.8. The number of hydrogen-bond donors (Lipinski definition) is 2. The Labute approximate surface area is 161 Å². The molecule has 0 atom stereocenters. The highest BCUT2D eigenvalue weighted by Gasteiger charge is 2.56. The number of ether oxygens (including phenoxy) is 3. The molecule has 0 aliphatic heterocycles. The van der Waals surface area contributed by atoms with E-state index in [0.717, 1.165) is 0 Å². The molecule has 1 fully saturated rings. The van der Waals surface area contributed by atoms with Crippen LogP contribution in [0.15, 0.2) is 36.4 Å². The van der Waals surface area contributed by atoms with Gasteiger partial charge in [-0.05, 0) is 31.0 Å². The van der Waals surface area contributed by atoms with Crippen LogP contribution in [0, 0.1) is 11.2 Å². The van der Waals surface area contributed by atoms with Gasteiger partial charge in [-0.1, -0.05) is 6.07 Å². The molecular weight excluding hydrogens is 367 g/mol. The van der Waals surface area contributed by atoms with Gasteiger partial charge >= 0.3 is 0 Å². The Hall–Kier alpha value is -3.29. The van der Waals surface area contributed by atoms with Crippen LogP contribution < -0.4 is 24.8 Å². The van der Waals surface area contributed by atoms with Crippen molar-refractivity contribution >= 4 is 23.2 Å². The maximum Gasteiger partial charge on any atom is 0.240 e. The molecule has 0 aromatic heterocycles. The Balaban J connectivity index is 1.78. The number of methoxy groups -OCH3 is 3. The molecule has 0 unspecified atom stereocenters. The van der Waals surface area contributed by atoms with Gasteiger partial charge in [-0.2, -0.15) is 0 Å². The lowest BCUT2D eigenvalue weighted by atomic mass is 10.0. The van der Waals surface area contributed by atoms with Gasteiger partial charge in [0, 0.05) is 23.5 Å². The summed E-state index contributed by atoms with van der Waals surface area (Å²) < 4.78 is 29.1. The van der Waals surface area contributed by atoms with Crippen LogP contribution in [-0.2, 0) is 9.59 Å². The van der Waals surface area contributed by atoms with Gasteiger partial charge in [-0.3, -0.25) is 9.59 Å². The molecule has 148 valence electrons. The van der Waals surface area contributed by atoms with Crippen LogP contribution in [0.4, 0.5) is 15.8 Å². The van der Waals surface area contributed by atoms with Crippen molar-refractivity contribution in [3.05, 3.63) is 42.2 Å². The second kappa shape index (κ2) is 7.75. The van der Waals surface area contributed by atoms with Gasteiger partial charge in [0.2, 0.25) is 17.6 Å². The number of anilines is 2. The Morgan fingerprint density at radius 2 is 1.46 bits per heavy atom. The summed E-state index contributed by atoms with van der Waals surface area (Å²) in [5.74, 6) is -0.228. The summed E-state index contributed by atoms with van der Waals surface area (Å²) in [5.41, 5.74) is -0.478. The number of rotatable bonds is 7. The van der Waals surface area contributed by atoms with Crippen molar-refractivity contribution in [3.8, 4) is 17.2 Å². The van der Waals surface area contributed by atoms with E-state index in [2.05, 4.69) is 10.6 Å². The number of halogens is 1. The fraction of sp³-hybridized carbons (Fsp3) is 0.300. The van der Waals surface area contributed by atoms with Crippen molar-refractivity contribution in [1.82, 2.24) is 0 Å². The maximum absolute atomic E-state index is 13.3. The molecule has 0 radical (unpaired) electrons. The third kappa shape index (κ3) is 3.71. The minimum absolute atomic E-state index is 0.303.